The van der Waals surface area contributed by atoms with Crippen LogP contribution in [0.2, 0.25) is 0 Å². The van der Waals surface area contributed by atoms with Crippen LogP contribution in [-0.4, -0.2) is 10.1 Å². The molecular formula is C15H16N2O. The molecule has 0 bridgehead atoms. The van der Waals surface area contributed by atoms with E-state index < -0.39 is 0 Å². The molecule has 2 N–H and O–H groups in total. The fourth-order valence-electron chi connectivity index (χ4n) is 2.59. The molecule has 1 unspecified atom stereocenters. The second-order valence-corrected chi connectivity index (χ2v) is 4.67. The van der Waals surface area contributed by atoms with Gasteiger partial charge in [-0.05, 0) is 47.7 Å². The van der Waals surface area contributed by atoms with Crippen molar-refractivity contribution in [3.05, 3.63) is 59.4 Å². The van der Waals surface area contributed by atoms with Gasteiger partial charge in [-0.25, -0.2) is 0 Å². The minimum absolute atomic E-state index is 0.347. The fraction of sp³-hybridized carbons (Fsp3) is 0.267. The highest BCUT2D eigenvalue weighted by Gasteiger charge is 2.23. The van der Waals surface area contributed by atoms with E-state index in [-0.39, 0.29) is 0 Å². The Morgan fingerprint density at radius 2 is 2.06 bits per heavy atom. The van der Waals surface area contributed by atoms with Crippen molar-refractivity contribution in [2.75, 3.05) is 0 Å². The van der Waals surface area contributed by atoms with Gasteiger partial charge in [-0.3, -0.25) is 4.98 Å². The predicted octanol–water partition coefficient (Wildman–Crippen LogP) is 2.56. The molecule has 1 atom stereocenters. The number of aromatic nitrogens is 1. The molecule has 3 nitrogen and oxygen atoms in total. The first-order chi connectivity index (χ1) is 8.84. The van der Waals surface area contributed by atoms with Crippen molar-refractivity contribution in [3.8, 4) is 5.75 Å². The van der Waals surface area contributed by atoms with Gasteiger partial charge in [-0.1, -0.05) is 12.1 Å². The van der Waals surface area contributed by atoms with Crippen molar-refractivity contribution in [1.82, 2.24) is 10.3 Å². The normalized spacial score (nSPS) is 17.7. The summed E-state index contributed by atoms with van der Waals surface area (Å²) in [6.07, 6.45) is 5.63. The second kappa shape index (κ2) is 4.78. The Balaban J connectivity index is 1.72. The number of fused-ring (bicyclic) bond motifs is 1. The van der Waals surface area contributed by atoms with Crippen LogP contribution in [0.1, 0.15) is 29.2 Å². The highest BCUT2D eigenvalue weighted by Crippen LogP contribution is 2.36. The van der Waals surface area contributed by atoms with Crippen molar-refractivity contribution in [3.63, 3.8) is 0 Å². The zero-order valence-corrected chi connectivity index (χ0v) is 10.1. The minimum Gasteiger partial charge on any atom is -0.508 e. The molecule has 0 aliphatic heterocycles. The molecule has 1 aromatic heterocycles. The van der Waals surface area contributed by atoms with Gasteiger partial charge in [-0.2, -0.15) is 0 Å². The third-order valence-electron chi connectivity index (χ3n) is 3.55. The number of aromatic hydroxyl groups is 1. The van der Waals surface area contributed by atoms with Gasteiger partial charge in [0.2, 0.25) is 0 Å². The number of phenolic OH excluding ortho intramolecular Hbond substituents is 1. The quantitative estimate of drug-likeness (QED) is 0.866. The van der Waals surface area contributed by atoms with Crippen LogP contribution in [0.3, 0.4) is 0 Å². The molecule has 0 saturated carbocycles. The first-order valence-corrected chi connectivity index (χ1v) is 6.27. The molecule has 1 aromatic carbocycles. The monoisotopic (exact) mass is 240 g/mol. The molecule has 0 fully saturated rings. The lowest BCUT2D eigenvalue weighted by atomic mass is 10.1. The minimum atomic E-state index is 0.347. The molecule has 3 rings (SSSR count). The summed E-state index contributed by atoms with van der Waals surface area (Å²) < 4.78 is 0. The van der Waals surface area contributed by atoms with Gasteiger partial charge >= 0.3 is 0 Å². The molecule has 0 radical (unpaired) electrons. The van der Waals surface area contributed by atoms with Crippen molar-refractivity contribution in [2.45, 2.75) is 25.4 Å². The van der Waals surface area contributed by atoms with Gasteiger partial charge in [0.05, 0.1) is 0 Å². The maximum absolute atomic E-state index is 9.80. The van der Waals surface area contributed by atoms with E-state index in [2.05, 4.69) is 16.4 Å². The highest BCUT2D eigenvalue weighted by molar-refractivity contribution is 5.44. The summed E-state index contributed by atoms with van der Waals surface area (Å²) in [6.45, 7) is 0.836. The van der Waals surface area contributed by atoms with Gasteiger partial charge in [-0.15, -0.1) is 0 Å². The molecule has 0 amide bonds. The molecular weight excluding hydrogens is 224 g/mol. The number of benzene rings is 1. The van der Waals surface area contributed by atoms with Gasteiger partial charge in [0.1, 0.15) is 5.75 Å². The van der Waals surface area contributed by atoms with Crippen LogP contribution < -0.4 is 5.32 Å². The Morgan fingerprint density at radius 1 is 1.22 bits per heavy atom. The maximum atomic E-state index is 9.80. The van der Waals surface area contributed by atoms with Crippen molar-refractivity contribution < 1.29 is 5.11 Å². The smallest absolute Gasteiger partial charge is 0.119 e. The molecule has 18 heavy (non-hydrogen) atoms. The van der Waals surface area contributed by atoms with Crippen molar-refractivity contribution >= 4 is 0 Å². The molecule has 0 saturated heterocycles. The number of pyridine rings is 1. The largest absolute Gasteiger partial charge is 0.508 e. The lowest BCUT2D eigenvalue weighted by molar-refractivity contribution is 0.469. The molecule has 1 aliphatic carbocycles. The van der Waals surface area contributed by atoms with Crippen LogP contribution in [0, 0.1) is 0 Å². The van der Waals surface area contributed by atoms with Crippen molar-refractivity contribution in [1.29, 1.82) is 0 Å². The summed E-state index contributed by atoms with van der Waals surface area (Å²) in [5.74, 6) is 0.431. The first kappa shape index (κ1) is 11.2. The molecule has 1 aliphatic rings. The maximum Gasteiger partial charge on any atom is 0.119 e. The standard InChI is InChI=1S/C15H16N2O/c18-15-3-1-2-12-13(15)4-5-14(12)17-10-11-6-8-16-9-7-11/h1-3,6-9,14,17-18H,4-5,10H2. The second-order valence-electron chi connectivity index (χ2n) is 4.67. The number of hydrogen-bond acceptors (Lipinski definition) is 3. The average Bonchev–Trinajstić information content (AvgIpc) is 2.82. The number of hydrogen-bond donors (Lipinski definition) is 2. The number of nitrogens with one attached hydrogen (secondary N) is 1. The molecule has 2 aromatic rings. The summed E-state index contributed by atoms with van der Waals surface area (Å²) in [4.78, 5) is 4.01. The zero-order chi connectivity index (χ0) is 12.4. The van der Waals surface area contributed by atoms with E-state index in [0.29, 0.717) is 11.8 Å². The average molecular weight is 240 g/mol. The van der Waals surface area contributed by atoms with E-state index >= 15 is 0 Å². The molecule has 92 valence electrons. The van der Waals surface area contributed by atoms with Crippen LogP contribution in [0.4, 0.5) is 0 Å². The number of nitrogens with zero attached hydrogens (tertiary/aromatic N) is 1. The van der Waals surface area contributed by atoms with E-state index in [4.69, 9.17) is 0 Å². The Labute approximate surface area is 107 Å². The lowest BCUT2D eigenvalue weighted by Gasteiger charge is -2.14. The van der Waals surface area contributed by atoms with Gasteiger partial charge in [0.15, 0.2) is 0 Å². The Bertz CT molecular complexity index is 539. The summed E-state index contributed by atoms with van der Waals surface area (Å²) >= 11 is 0. The van der Waals surface area contributed by atoms with Gasteiger partial charge in [0.25, 0.3) is 0 Å². The molecule has 3 heteroatoms. The SMILES string of the molecule is Oc1cccc2c1CCC2NCc1ccncc1. The van der Waals surface area contributed by atoms with Crippen molar-refractivity contribution in [2.24, 2.45) is 0 Å². The summed E-state index contributed by atoms with van der Waals surface area (Å²) in [5.41, 5.74) is 3.58. The third-order valence-corrected chi connectivity index (χ3v) is 3.55. The molecule has 0 spiro atoms. The van der Waals surface area contributed by atoms with Crippen LogP contribution in [0.15, 0.2) is 42.7 Å². The van der Waals surface area contributed by atoms with E-state index in [1.54, 1.807) is 6.07 Å². The van der Waals surface area contributed by atoms with E-state index in [1.807, 2.05) is 30.6 Å². The molecule has 1 heterocycles. The van der Waals surface area contributed by atoms with Crippen LogP contribution in [-0.2, 0) is 13.0 Å². The summed E-state index contributed by atoms with van der Waals surface area (Å²) in [7, 11) is 0. The Kier molecular flexibility index (Phi) is 2.99. The Morgan fingerprint density at radius 3 is 2.89 bits per heavy atom. The van der Waals surface area contributed by atoms with Crippen LogP contribution in [0.5, 0.6) is 5.75 Å². The Hall–Kier alpha value is -1.87. The first-order valence-electron chi connectivity index (χ1n) is 6.27. The third kappa shape index (κ3) is 2.09. The van der Waals surface area contributed by atoms with E-state index in [0.717, 1.165) is 24.9 Å². The topological polar surface area (TPSA) is 45.1 Å². The van der Waals surface area contributed by atoms with E-state index in [1.165, 1.54) is 11.1 Å². The number of rotatable bonds is 3. The van der Waals surface area contributed by atoms with Crippen LogP contribution >= 0.6 is 0 Å². The predicted molar refractivity (Wildman–Crippen MR) is 70.2 cm³/mol. The van der Waals surface area contributed by atoms with E-state index in [9.17, 15) is 5.11 Å². The fourth-order valence-corrected chi connectivity index (χ4v) is 2.59. The lowest BCUT2D eigenvalue weighted by Crippen LogP contribution is -2.18. The zero-order valence-electron chi connectivity index (χ0n) is 10.1. The van der Waals surface area contributed by atoms with Gasteiger partial charge < -0.3 is 10.4 Å². The summed E-state index contributed by atoms with van der Waals surface area (Å²) in [6, 6.07) is 10.2. The summed E-state index contributed by atoms with van der Waals surface area (Å²) in [5, 5.41) is 13.3. The highest BCUT2D eigenvalue weighted by atomic mass is 16.3. The number of phenols is 1. The van der Waals surface area contributed by atoms with Crippen LogP contribution in [0.25, 0.3) is 0 Å². The van der Waals surface area contributed by atoms with Gasteiger partial charge in [0, 0.05) is 25.0 Å².